The summed E-state index contributed by atoms with van der Waals surface area (Å²) in [6.45, 7) is 7.74. The highest BCUT2D eigenvalue weighted by Crippen LogP contribution is 2.39. The smallest absolute Gasteiger partial charge is 0.128 e. The zero-order valence-electron chi connectivity index (χ0n) is 11.8. The SMILES string of the molecule is C=C(OC(=C)C1(O)CCCCC1)C1(O)CCCCC1. The first kappa shape index (κ1) is 14.6. The fourth-order valence-electron chi connectivity index (χ4n) is 3.17. The van der Waals surface area contributed by atoms with Crippen molar-refractivity contribution in [2.24, 2.45) is 0 Å². The summed E-state index contributed by atoms with van der Waals surface area (Å²) in [4.78, 5) is 0. The van der Waals surface area contributed by atoms with Crippen molar-refractivity contribution in [3.63, 3.8) is 0 Å². The van der Waals surface area contributed by atoms with Crippen LogP contribution in [0.5, 0.6) is 0 Å². The molecule has 0 unspecified atom stereocenters. The van der Waals surface area contributed by atoms with Gasteiger partial charge in [0.05, 0.1) is 0 Å². The van der Waals surface area contributed by atoms with Crippen molar-refractivity contribution in [2.75, 3.05) is 0 Å². The summed E-state index contributed by atoms with van der Waals surface area (Å²) in [5, 5.41) is 21.0. The Hall–Kier alpha value is -0.800. The van der Waals surface area contributed by atoms with E-state index in [0.717, 1.165) is 38.5 Å². The standard InChI is InChI=1S/C16H26O3/c1-13(15(17)9-5-3-6-10-15)19-14(2)16(18)11-7-4-8-12-16/h17-18H,1-12H2. The molecule has 3 nitrogen and oxygen atoms in total. The molecule has 0 atom stereocenters. The molecule has 0 aliphatic heterocycles. The predicted octanol–water partition coefficient (Wildman–Crippen LogP) is 3.42. The molecule has 0 aromatic carbocycles. The largest absolute Gasteiger partial charge is 0.461 e. The van der Waals surface area contributed by atoms with Crippen LogP contribution in [0.25, 0.3) is 0 Å². The topological polar surface area (TPSA) is 49.7 Å². The highest BCUT2D eigenvalue weighted by Gasteiger charge is 2.38. The van der Waals surface area contributed by atoms with Gasteiger partial charge < -0.3 is 14.9 Å². The van der Waals surface area contributed by atoms with Gasteiger partial charge >= 0.3 is 0 Å². The molecule has 0 radical (unpaired) electrons. The highest BCUT2D eigenvalue weighted by molar-refractivity contribution is 5.15. The molecule has 0 spiro atoms. The lowest BCUT2D eigenvalue weighted by molar-refractivity contribution is -0.0417. The molecule has 0 bridgehead atoms. The lowest BCUT2D eigenvalue weighted by Gasteiger charge is -2.37. The van der Waals surface area contributed by atoms with E-state index in [1.165, 1.54) is 0 Å². The van der Waals surface area contributed by atoms with Gasteiger partial charge in [-0.25, -0.2) is 0 Å². The van der Waals surface area contributed by atoms with Crippen LogP contribution in [0.4, 0.5) is 0 Å². The number of aliphatic hydroxyl groups is 2. The summed E-state index contributed by atoms with van der Waals surface area (Å²) in [6, 6.07) is 0. The first-order chi connectivity index (χ1) is 8.96. The zero-order valence-corrected chi connectivity index (χ0v) is 11.8. The quantitative estimate of drug-likeness (QED) is 0.767. The van der Waals surface area contributed by atoms with Gasteiger partial charge in [-0.15, -0.1) is 0 Å². The average molecular weight is 266 g/mol. The van der Waals surface area contributed by atoms with Crippen LogP contribution >= 0.6 is 0 Å². The van der Waals surface area contributed by atoms with Gasteiger partial charge in [-0.2, -0.15) is 0 Å². The van der Waals surface area contributed by atoms with Crippen molar-refractivity contribution >= 4 is 0 Å². The van der Waals surface area contributed by atoms with Crippen LogP contribution in [0.1, 0.15) is 64.2 Å². The lowest BCUT2D eigenvalue weighted by Crippen LogP contribution is -2.38. The molecule has 0 aromatic rings. The van der Waals surface area contributed by atoms with Gasteiger partial charge in [0.1, 0.15) is 22.7 Å². The molecule has 2 rings (SSSR count). The van der Waals surface area contributed by atoms with E-state index >= 15 is 0 Å². The molecule has 0 aromatic heterocycles. The lowest BCUT2D eigenvalue weighted by atomic mass is 9.82. The van der Waals surface area contributed by atoms with Crippen LogP contribution in [0.3, 0.4) is 0 Å². The molecular weight excluding hydrogens is 240 g/mol. The third kappa shape index (κ3) is 3.21. The molecule has 2 aliphatic rings. The van der Waals surface area contributed by atoms with E-state index in [1.54, 1.807) is 0 Å². The van der Waals surface area contributed by atoms with Crippen molar-refractivity contribution < 1.29 is 14.9 Å². The maximum atomic E-state index is 10.5. The molecule has 19 heavy (non-hydrogen) atoms. The maximum Gasteiger partial charge on any atom is 0.128 e. The minimum absolute atomic E-state index is 0.358. The van der Waals surface area contributed by atoms with E-state index in [1.807, 2.05) is 0 Å². The number of rotatable bonds is 4. The van der Waals surface area contributed by atoms with E-state index in [0.29, 0.717) is 37.2 Å². The minimum atomic E-state index is -0.938. The van der Waals surface area contributed by atoms with Gasteiger partial charge in [0.2, 0.25) is 0 Å². The molecule has 2 N–H and O–H groups in total. The molecule has 0 heterocycles. The summed E-state index contributed by atoms with van der Waals surface area (Å²) in [5.41, 5.74) is -1.88. The van der Waals surface area contributed by atoms with Crippen LogP contribution in [-0.2, 0) is 4.74 Å². The Morgan fingerprint density at radius 1 is 0.684 bits per heavy atom. The minimum Gasteiger partial charge on any atom is -0.461 e. The molecule has 0 amide bonds. The van der Waals surface area contributed by atoms with E-state index in [4.69, 9.17) is 4.74 Å². The third-order valence-corrected chi connectivity index (χ3v) is 4.65. The van der Waals surface area contributed by atoms with E-state index < -0.39 is 11.2 Å². The van der Waals surface area contributed by atoms with Gasteiger partial charge in [0.25, 0.3) is 0 Å². The van der Waals surface area contributed by atoms with Gasteiger partial charge in [-0.3, -0.25) is 0 Å². The first-order valence-electron chi connectivity index (χ1n) is 7.48. The van der Waals surface area contributed by atoms with Crippen LogP contribution in [0, 0.1) is 0 Å². The Balaban J connectivity index is 1.96. The fourth-order valence-corrected chi connectivity index (χ4v) is 3.17. The number of hydrogen-bond acceptors (Lipinski definition) is 3. The van der Waals surface area contributed by atoms with Crippen molar-refractivity contribution in [3.8, 4) is 0 Å². The zero-order chi connectivity index (χ0) is 13.9. The van der Waals surface area contributed by atoms with Crippen LogP contribution in [0.15, 0.2) is 24.7 Å². The molecule has 2 aliphatic carbocycles. The summed E-state index contributed by atoms with van der Waals surface area (Å²) in [7, 11) is 0. The fraction of sp³-hybridized carbons (Fsp3) is 0.750. The van der Waals surface area contributed by atoms with Gasteiger partial charge in [0, 0.05) is 0 Å². The number of hydrogen-bond donors (Lipinski definition) is 2. The summed E-state index contributed by atoms with van der Waals surface area (Å²) >= 11 is 0. The summed E-state index contributed by atoms with van der Waals surface area (Å²) in [5.74, 6) is 0.715. The molecule has 2 saturated carbocycles. The van der Waals surface area contributed by atoms with E-state index in [2.05, 4.69) is 13.2 Å². The van der Waals surface area contributed by atoms with Crippen LogP contribution in [0.2, 0.25) is 0 Å². The molecule has 0 saturated heterocycles. The Labute approximate surface area is 116 Å². The average Bonchev–Trinajstić information content (AvgIpc) is 2.40. The molecular formula is C16H26O3. The molecule has 3 heteroatoms. The second-order valence-electron chi connectivity index (χ2n) is 6.13. The summed E-state index contributed by atoms with van der Waals surface area (Å²) in [6.07, 6.45) is 9.06. The highest BCUT2D eigenvalue weighted by atomic mass is 16.5. The van der Waals surface area contributed by atoms with Crippen molar-refractivity contribution in [1.29, 1.82) is 0 Å². The Morgan fingerprint density at radius 2 is 1.00 bits per heavy atom. The monoisotopic (exact) mass is 266 g/mol. The second-order valence-corrected chi connectivity index (χ2v) is 6.13. The van der Waals surface area contributed by atoms with Crippen molar-refractivity contribution in [1.82, 2.24) is 0 Å². The third-order valence-electron chi connectivity index (χ3n) is 4.65. The predicted molar refractivity (Wildman–Crippen MR) is 75.4 cm³/mol. The molecule has 108 valence electrons. The van der Waals surface area contributed by atoms with Crippen molar-refractivity contribution in [3.05, 3.63) is 24.7 Å². The van der Waals surface area contributed by atoms with Crippen LogP contribution in [-0.4, -0.2) is 21.4 Å². The van der Waals surface area contributed by atoms with Gasteiger partial charge in [0.15, 0.2) is 0 Å². The Bertz CT molecular complexity index is 313. The van der Waals surface area contributed by atoms with E-state index in [9.17, 15) is 10.2 Å². The Morgan fingerprint density at radius 3 is 1.32 bits per heavy atom. The van der Waals surface area contributed by atoms with E-state index in [-0.39, 0.29) is 0 Å². The maximum absolute atomic E-state index is 10.5. The van der Waals surface area contributed by atoms with Gasteiger partial charge in [-0.05, 0) is 25.7 Å². The van der Waals surface area contributed by atoms with Crippen molar-refractivity contribution in [2.45, 2.75) is 75.4 Å². The normalized spacial score (nSPS) is 25.6. The number of ether oxygens (including phenoxy) is 1. The van der Waals surface area contributed by atoms with Gasteiger partial charge in [-0.1, -0.05) is 51.7 Å². The Kier molecular flexibility index (Phi) is 4.36. The summed E-state index contributed by atoms with van der Waals surface area (Å²) < 4.78 is 5.65. The van der Waals surface area contributed by atoms with Crippen LogP contribution < -0.4 is 0 Å². The second kappa shape index (κ2) is 5.68. The molecule has 2 fully saturated rings. The first-order valence-corrected chi connectivity index (χ1v) is 7.48.